The molecule has 6 rings (SSSR count). The van der Waals surface area contributed by atoms with Crippen LogP contribution in [0.15, 0.2) is 97.1 Å². The van der Waals surface area contributed by atoms with Crippen molar-refractivity contribution in [2.45, 2.75) is 44.5 Å². The zero-order chi connectivity index (χ0) is 27.4. The fourth-order valence-electron chi connectivity index (χ4n) is 5.16. The largest absolute Gasteiger partial charge is 0.465 e. The van der Waals surface area contributed by atoms with Crippen molar-refractivity contribution in [3.05, 3.63) is 130 Å². The highest BCUT2D eigenvalue weighted by atomic mass is 16.6. The minimum atomic E-state index is -0.780. The molecule has 0 radical (unpaired) electrons. The number of hydrogen-bond donors (Lipinski definition) is 2. The molecule has 0 aromatic heterocycles. The van der Waals surface area contributed by atoms with Crippen molar-refractivity contribution in [1.29, 1.82) is 0 Å². The number of fused-ring (bicyclic) bond motifs is 2. The van der Waals surface area contributed by atoms with Gasteiger partial charge in [-0.25, -0.2) is 0 Å². The lowest BCUT2D eigenvalue weighted by molar-refractivity contribution is -0.135. The number of hydrogen-bond acceptors (Lipinski definition) is 6. The maximum absolute atomic E-state index is 11.7. The van der Waals surface area contributed by atoms with Gasteiger partial charge in [-0.3, -0.25) is 9.59 Å². The van der Waals surface area contributed by atoms with E-state index < -0.39 is 6.29 Å². The lowest BCUT2D eigenvalue weighted by atomic mass is 9.85. The Kier molecular flexibility index (Phi) is 7.87. The number of rotatable bonds is 4. The van der Waals surface area contributed by atoms with Crippen LogP contribution in [0.25, 0.3) is 0 Å². The zero-order valence-electron chi connectivity index (χ0n) is 21.6. The summed E-state index contributed by atoms with van der Waals surface area (Å²) < 4.78 is 10.7. The summed E-state index contributed by atoms with van der Waals surface area (Å²) in [6.07, 6.45) is 0.0576. The highest BCUT2D eigenvalue weighted by Gasteiger charge is 2.29. The van der Waals surface area contributed by atoms with Crippen molar-refractivity contribution >= 4 is 11.8 Å². The molecule has 2 N–H and O–H groups in total. The van der Waals surface area contributed by atoms with E-state index in [2.05, 4.69) is 12.1 Å². The van der Waals surface area contributed by atoms with Gasteiger partial charge in [-0.1, -0.05) is 66.7 Å². The van der Waals surface area contributed by atoms with E-state index in [-0.39, 0.29) is 30.2 Å². The summed E-state index contributed by atoms with van der Waals surface area (Å²) in [4.78, 5) is 23.3. The Morgan fingerprint density at radius 2 is 1.44 bits per heavy atom. The second kappa shape index (κ2) is 11.6. The molecule has 0 aliphatic carbocycles. The van der Waals surface area contributed by atoms with E-state index in [0.717, 1.165) is 27.8 Å². The van der Waals surface area contributed by atoms with Crippen molar-refractivity contribution in [2.24, 2.45) is 0 Å². The topological polar surface area (TPSA) is 93.1 Å². The fraction of sp³-hybridized carbons (Fsp3) is 0.212. The van der Waals surface area contributed by atoms with Gasteiger partial charge in [0.1, 0.15) is 11.5 Å². The molecule has 4 aromatic rings. The molecule has 0 spiro atoms. The monoisotopic (exact) mass is 522 g/mol. The van der Waals surface area contributed by atoms with Gasteiger partial charge in [-0.05, 0) is 53.9 Å². The van der Waals surface area contributed by atoms with Crippen molar-refractivity contribution in [3.8, 4) is 11.5 Å². The summed E-state index contributed by atoms with van der Waals surface area (Å²) in [6, 6.07) is 30.7. The second-order valence-electron chi connectivity index (χ2n) is 9.75. The second-order valence-corrected chi connectivity index (χ2v) is 9.75. The molecule has 198 valence electrons. The zero-order valence-corrected chi connectivity index (χ0v) is 21.6. The van der Waals surface area contributed by atoms with Gasteiger partial charge >= 0.3 is 5.97 Å². The number of esters is 1. The number of carbonyl (C=O) groups excluding carboxylic acids is 2. The smallest absolute Gasteiger partial charge is 0.312 e. The van der Waals surface area contributed by atoms with Crippen LogP contribution in [0.5, 0.6) is 11.5 Å². The van der Waals surface area contributed by atoms with Crippen LogP contribution in [0.4, 0.5) is 0 Å². The maximum Gasteiger partial charge on any atom is 0.312 e. The third kappa shape index (κ3) is 5.93. The first-order valence-electron chi connectivity index (χ1n) is 13.0. The molecule has 0 bridgehead atoms. The van der Waals surface area contributed by atoms with Gasteiger partial charge < -0.3 is 19.7 Å². The Bertz CT molecular complexity index is 1460. The van der Waals surface area contributed by atoms with E-state index in [1.807, 2.05) is 72.8 Å². The van der Waals surface area contributed by atoms with Crippen LogP contribution in [-0.2, 0) is 11.4 Å². The molecule has 4 aromatic carbocycles. The Labute approximate surface area is 227 Å². The van der Waals surface area contributed by atoms with E-state index in [1.165, 1.54) is 6.92 Å². The van der Waals surface area contributed by atoms with Crippen LogP contribution in [0.1, 0.15) is 69.8 Å². The molecule has 6 nitrogen and oxygen atoms in total. The molecular weight excluding hydrogens is 492 g/mol. The first-order chi connectivity index (χ1) is 18.9. The number of carbonyl (C=O) groups is 2. The number of Topliss-reactive ketones (excluding diaryl/α,β-unsaturated/α-hetero) is 1. The van der Waals surface area contributed by atoms with Gasteiger partial charge in [-0.2, -0.15) is 0 Å². The van der Waals surface area contributed by atoms with E-state index >= 15 is 0 Å². The van der Waals surface area contributed by atoms with Gasteiger partial charge in [0, 0.05) is 34.9 Å². The van der Waals surface area contributed by atoms with Gasteiger partial charge in [0.2, 0.25) is 0 Å². The van der Waals surface area contributed by atoms with Crippen LogP contribution in [-0.4, -0.2) is 28.3 Å². The normalized spacial score (nSPS) is 19.4. The van der Waals surface area contributed by atoms with E-state index in [4.69, 9.17) is 9.47 Å². The first kappa shape index (κ1) is 26.4. The number of ether oxygens (including phenoxy) is 2. The molecule has 0 saturated carbocycles. The fourth-order valence-corrected chi connectivity index (χ4v) is 5.16. The van der Waals surface area contributed by atoms with Crippen molar-refractivity contribution in [1.82, 2.24) is 0 Å². The van der Waals surface area contributed by atoms with Crippen LogP contribution in [0.2, 0.25) is 0 Å². The summed E-state index contributed by atoms with van der Waals surface area (Å²) in [5.74, 6) is 1.08. The van der Waals surface area contributed by atoms with E-state index in [1.54, 1.807) is 12.1 Å². The minimum Gasteiger partial charge on any atom is -0.465 e. The number of benzene rings is 4. The molecule has 1 unspecified atom stereocenters. The standard InChI is InChI=1S/C17H14O3.C16H16O3/c1-11(18)13-7-8-16-15(9-13)14(10-17(19)20-16)12-5-3-2-4-6-12;17-10-11-6-7-15-14(8-11)13(9-16(18)19-15)12-4-2-1-3-5-12/h2-9,14H,10H2,1H3;1-8,13,16-18H,9-10H2/t14-;13-,16?/m11/s1. The van der Waals surface area contributed by atoms with Gasteiger partial charge in [0.25, 0.3) is 0 Å². The average Bonchev–Trinajstić information content (AvgIpc) is 2.97. The predicted octanol–water partition coefficient (Wildman–Crippen LogP) is 5.74. The molecule has 39 heavy (non-hydrogen) atoms. The molecule has 0 amide bonds. The molecular formula is C33H30O6. The van der Waals surface area contributed by atoms with E-state index in [0.29, 0.717) is 29.9 Å². The van der Waals surface area contributed by atoms with E-state index in [9.17, 15) is 19.8 Å². The summed E-state index contributed by atoms with van der Waals surface area (Å²) in [5.41, 5.74) is 5.65. The summed E-state index contributed by atoms with van der Waals surface area (Å²) >= 11 is 0. The highest BCUT2D eigenvalue weighted by Crippen LogP contribution is 2.41. The summed E-state index contributed by atoms with van der Waals surface area (Å²) in [7, 11) is 0. The molecule has 3 atom stereocenters. The van der Waals surface area contributed by atoms with Crippen molar-refractivity contribution in [2.75, 3.05) is 0 Å². The predicted molar refractivity (Wildman–Crippen MR) is 147 cm³/mol. The van der Waals surface area contributed by atoms with Crippen LogP contribution in [0.3, 0.4) is 0 Å². The maximum atomic E-state index is 11.7. The third-order valence-corrected chi connectivity index (χ3v) is 7.12. The quantitative estimate of drug-likeness (QED) is 0.202. The van der Waals surface area contributed by atoms with Crippen molar-refractivity contribution < 1.29 is 29.3 Å². The number of aliphatic hydroxyl groups excluding tert-OH is 2. The average molecular weight is 523 g/mol. The van der Waals surface area contributed by atoms with Gasteiger partial charge in [-0.15, -0.1) is 0 Å². The Morgan fingerprint density at radius 3 is 2.08 bits per heavy atom. The number of aliphatic hydroxyl groups is 2. The number of ketones is 1. The lowest BCUT2D eigenvalue weighted by Gasteiger charge is -2.30. The van der Waals surface area contributed by atoms with Crippen LogP contribution >= 0.6 is 0 Å². The van der Waals surface area contributed by atoms with Crippen LogP contribution < -0.4 is 9.47 Å². The minimum absolute atomic E-state index is 0.0107. The Hall–Kier alpha value is -4.26. The Morgan fingerprint density at radius 1 is 0.821 bits per heavy atom. The molecule has 0 saturated heterocycles. The molecule has 2 heterocycles. The summed E-state index contributed by atoms with van der Waals surface area (Å²) in [6.45, 7) is 1.55. The van der Waals surface area contributed by atoms with Gasteiger partial charge in [0.15, 0.2) is 12.1 Å². The van der Waals surface area contributed by atoms with Crippen LogP contribution in [0, 0.1) is 0 Å². The van der Waals surface area contributed by atoms with Crippen molar-refractivity contribution in [3.63, 3.8) is 0 Å². The molecule has 6 heteroatoms. The molecule has 2 aliphatic heterocycles. The SMILES string of the molecule is CC(=O)c1ccc2c(c1)[C@@H](c1ccccc1)CC(=O)O2.OCc1ccc2c(c1)[C@@H](c1ccccc1)CC(O)O2. The lowest BCUT2D eigenvalue weighted by Crippen LogP contribution is -2.25. The third-order valence-electron chi connectivity index (χ3n) is 7.12. The summed E-state index contributed by atoms with van der Waals surface area (Å²) in [5, 5.41) is 19.1. The molecule has 2 aliphatic rings. The first-order valence-corrected chi connectivity index (χ1v) is 13.0. The Balaban J connectivity index is 0.000000158. The molecule has 0 fully saturated rings. The van der Waals surface area contributed by atoms with Gasteiger partial charge in [0.05, 0.1) is 13.0 Å². The highest BCUT2D eigenvalue weighted by molar-refractivity contribution is 5.94.